The maximum atomic E-state index is 5.79. The lowest BCUT2D eigenvalue weighted by Crippen LogP contribution is -2.10. The summed E-state index contributed by atoms with van der Waals surface area (Å²) in [4.78, 5) is 8.96. The number of aryl methyl sites for hydroxylation is 1. The summed E-state index contributed by atoms with van der Waals surface area (Å²) in [7, 11) is 0. The van der Waals surface area contributed by atoms with Gasteiger partial charge in [-0.2, -0.15) is 0 Å². The van der Waals surface area contributed by atoms with E-state index in [1.54, 1.807) is 12.3 Å². The van der Waals surface area contributed by atoms with Gasteiger partial charge in [0.25, 0.3) is 0 Å². The molecule has 3 rings (SSSR count). The molecule has 0 atom stereocenters. The smallest absolute Gasteiger partial charge is 0.220 e. The van der Waals surface area contributed by atoms with E-state index >= 15 is 0 Å². The van der Waals surface area contributed by atoms with Gasteiger partial charge in [0.1, 0.15) is 10.7 Å². The van der Waals surface area contributed by atoms with Crippen LogP contribution < -0.4 is 10.5 Å². The van der Waals surface area contributed by atoms with Gasteiger partial charge in [-0.1, -0.05) is 18.3 Å². The second-order valence-electron chi connectivity index (χ2n) is 4.66. The van der Waals surface area contributed by atoms with Crippen LogP contribution in [-0.4, -0.2) is 15.0 Å². The lowest BCUT2D eigenvalue weighted by molar-refractivity contribution is 0.462. The molecule has 0 amide bonds. The summed E-state index contributed by atoms with van der Waals surface area (Å²) in [6.07, 6.45) is 1.75. The van der Waals surface area contributed by atoms with Crippen molar-refractivity contribution in [1.82, 2.24) is 9.97 Å². The van der Waals surface area contributed by atoms with Crippen molar-refractivity contribution < 1.29 is 4.74 Å². The minimum absolute atomic E-state index is 0.325. The minimum Gasteiger partial charge on any atom is -0.439 e. The molecule has 2 N–H and O–H groups in total. The van der Waals surface area contributed by atoms with Crippen LogP contribution >= 0.6 is 12.2 Å². The number of aromatic nitrogens is 2. The van der Waals surface area contributed by atoms with Crippen molar-refractivity contribution in [2.75, 3.05) is 0 Å². The molecule has 0 aliphatic carbocycles. The topological polar surface area (TPSA) is 61.0 Å². The number of hydrogen-bond acceptors (Lipinski definition) is 4. The Morgan fingerprint density at radius 2 is 2.05 bits per heavy atom. The number of rotatable bonds is 3. The Hall–Kier alpha value is -2.53. The van der Waals surface area contributed by atoms with Crippen molar-refractivity contribution in [3.8, 4) is 11.6 Å². The largest absolute Gasteiger partial charge is 0.439 e. The highest BCUT2D eigenvalue weighted by Gasteiger charge is 2.05. The third kappa shape index (κ3) is 2.98. The summed E-state index contributed by atoms with van der Waals surface area (Å²) >= 11 is 4.99. The highest BCUT2D eigenvalue weighted by Crippen LogP contribution is 2.24. The highest BCUT2D eigenvalue weighted by atomic mass is 32.1. The van der Waals surface area contributed by atoms with Crippen molar-refractivity contribution in [3.63, 3.8) is 0 Å². The van der Waals surface area contributed by atoms with Gasteiger partial charge in [0, 0.05) is 35.0 Å². The van der Waals surface area contributed by atoms with E-state index in [0.29, 0.717) is 16.6 Å². The van der Waals surface area contributed by atoms with E-state index in [9.17, 15) is 0 Å². The Bertz CT molecular complexity index is 833. The average Bonchev–Trinajstić information content (AvgIpc) is 2.46. The molecular weight excluding hydrogens is 282 g/mol. The predicted molar refractivity (Wildman–Crippen MR) is 86.7 cm³/mol. The molecule has 0 spiro atoms. The van der Waals surface area contributed by atoms with E-state index in [1.807, 2.05) is 43.3 Å². The van der Waals surface area contributed by atoms with Crippen LogP contribution in [0.15, 0.2) is 48.7 Å². The zero-order valence-electron chi connectivity index (χ0n) is 11.4. The third-order valence-corrected chi connectivity index (χ3v) is 3.25. The van der Waals surface area contributed by atoms with Gasteiger partial charge in [-0.05, 0) is 31.2 Å². The first-order valence-electron chi connectivity index (χ1n) is 6.43. The van der Waals surface area contributed by atoms with Crippen LogP contribution in [0.5, 0.6) is 11.6 Å². The van der Waals surface area contributed by atoms with Gasteiger partial charge < -0.3 is 10.5 Å². The average molecular weight is 295 g/mol. The standard InChI is InChI=1S/C16H13N3OS/c1-10-7-12(16(17)21)8-15(19-10)20-13-5-4-11-3-2-6-18-14(11)9-13/h2-9H,1H3,(H2,17,21). The molecule has 4 nitrogen and oxygen atoms in total. The molecule has 0 aliphatic rings. The molecular formula is C16H13N3OS. The number of pyridine rings is 2. The summed E-state index contributed by atoms with van der Waals surface area (Å²) in [5.74, 6) is 1.14. The molecule has 0 unspecified atom stereocenters. The summed E-state index contributed by atoms with van der Waals surface area (Å²) in [5.41, 5.74) is 8.07. The van der Waals surface area contributed by atoms with Gasteiger partial charge in [-0.15, -0.1) is 0 Å². The molecule has 0 saturated carbocycles. The van der Waals surface area contributed by atoms with E-state index in [4.69, 9.17) is 22.7 Å². The fourth-order valence-electron chi connectivity index (χ4n) is 2.06. The Morgan fingerprint density at radius 1 is 1.19 bits per heavy atom. The van der Waals surface area contributed by atoms with Crippen molar-refractivity contribution in [1.29, 1.82) is 0 Å². The maximum Gasteiger partial charge on any atom is 0.220 e. The third-order valence-electron chi connectivity index (χ3n) is 3.01. The summed E-state index contributed by atoms with van der Waals surface area (Å²) in [6.45, 7) is 1.87. The molecule has 104 valence electrons. The van der Waals surface area contributed by atoms with Crippen molar-refractivity contribution in [3.05, 3.63) is 59.9 Å². The van der Waals surface area contributed by atoms with Gasteiger partial charge in [0.05, 0.1) is 5.52 Å². The first-order valence-corrected chi connectivity index (χ1v) is 6.84. The van der Waals surface area contributed by atoms with Gasteiger partial charge in [-0.25, -0.2) is 4.98 Å². The Labute approximate surface area is 127 Å². The number of fused-ring (bicyclic) bond motifs is 1. The van der Waals surface area contributed by atoms with Crippen molar-refractivity contribution in [2.24, 2.45) is 5.73 Å². The normalized spacial score (nSPS) is 10.5. The zero-order chi connectivity index (χ0) is 14.8. The number of benzene rings is 1. The molecule has 1 aromatic carbocycles. The minimum atomic E-state index is 0.325. The van der Waals surface area contributed by atoms with Gasteiger partial charge in [0.2, 0.25) is 5.88 Å². The van der Waals surface area contributed by atoms with Gasteiger partial charge >= 0.3 is 0 Å². The number of nitrogens with zero attached hydrogens (tertiary/aromatic N) is 2. The Kier molecular flexibility index (Phi) is 3.50. The Balaban J connectivity index is 1.96. The molecule has 5 heteroatoms. The van der Waals surface area contributed by atoms with E-state index < -0.39 is 0 Å². The second kappa shape index (κ2) is 5.46. The lowest BCUT2D eigenvalue weighted by atomic mass is 10.2. The summed E-state index contributed by atoms with van der Waals surface area (Å²) in [5, 5.41) is 1.06. The first-order chi connectivity index (χ1) is 10.1. The zero-order valence-corrected chi connectivity index (χ0v) is 12.2. The van der Waals surface area contributed by atoms with Gasteiger partial charge in [-0.3, -0.25) is 4.98 Å². The van der Waals surface area contributed by atoms with Crippen molar-refractivity contribution in [2.45, 2.75) is 6.92 Å². The number of ether oxygens (including phenoxy) is 1. The van der Waals surface area contributed by atoms with Crippen LogP contribution in [-0.2, 0) is 0 Å². The molecule has 3 aromatic rings. The molecule has 2 heterocycles. The molecule has 2 aromatic heterocycles. The molecule has 21 heavy (non-hydrogen) atoms. The second-order valence-corrected chi connectivity index (χ2v) is 5.10. The summed E-state index contributed by atoms with van der Waals surface area (Å²) in [6, 6.07) is 13.2. The van der Waals surface area contributed by atoms with Crippen molar-refractivity contribution >= 4 is 28.1 Å². The molecule has 0 radical (unpaired) electrons. The number of thiocarbonyl (C=S) groups is 1. The van der Waals surface area contributed by atoms with Crippen LogP contribution in [0.2, 0.25) is 0 Å². The van der Waals surface area contributed by atoms with E-state index in [1.165, 1.54) is 0 Å². The number of hydrogen-bond donors (Lipinski definition) is 1. The fourth-order valence-corrected chi connectivity index (χ4v) is 2.18. The van der Waals surface area contributed by atoms with Crippen LogP contribution in [0.3, 0.4) is 0 Å². The predicted octanol–water partition coefficient (Wildman–Crippen LogP) is 3.36. The van der Waals surface area contributed by atoms with Crippen LogP contribution in [0.4, 0.5) is 0 Å². The Morgan fingerprint density at radius 3 is 2.86 bits per heavy atom. The SMILES string of the molecule is Cc1cc(C(N)=S)cc(Oc2ccc3cccnc3c2)n1. The summed E-state index contributed by atoms with van der Waals surface area (Å²) < 4.78 is 5.79. The molecule has 0 saturated heterocycles. The van der Waals surface area contributed by atoms with E-state index in [-0.39, 0.29) is 0 Å². The van der Waals surface area contributed by atoms with Crippen LogP contribution in [0, 0.1) is 6.92 Å². The first kappa shape index (κ1) is 13.5. The molecule has 0 bridgehead atoms. The monoisotopic (exact) mass is 295 g/mol. The molecule has 0 aliphatic heterocycles. The maximum absolute atomic E-state index is 5.79. The van der Waals surface area contributed by atoms with E-state index in [2.05, 4.69) is 9.97 Å². The number of nitrogens with two attached hydrogens (primary N) is 1. The van der Waals surface area contributed by atoms with Gasteiger partial charge in [0.15, 0.2) is 0 Å². The van der Waals surface area contributed by atoms with E-state index in [0.717, 1.165) is 22.2 Å². The van der Waals surface area contributed by atoms with Crippen LogP contribution in [0.1, 0.15) is 11.3 Å². The quantitative estimate of drug-likeness (QED) is 0.751. The molecule has 0 fully saturated rings. The van der Waals surface area contributed by atoms with Crippen LogP contribution in [0.25, 0.3) is 10.9 Å². The fraction of sp³-hybridized carbons (Fsp3) is 0.0625. The highest BCUT2D eigenvalue weighted by molar-refractivity contribution is 7.80. The lowest BCUT2D eigenvalue weighted by Gasteiger charge is -2.08.